The van der Waals surface area contributed by atoms with Gasteiger partial charge in [-0.15, -0.1) is 0 Å². The summed E-state index contributed by atoms with van der Waals surface area (Å²) >= 11 is 6.27. The van der Waals surface area contributed by atoms with Gasteiger partial charge in [0.25, 0.3) is 5.91 Å². The Morgan fingerprint density at radius 1 is 1.02 bits per heavy atom. The second-order valence-corrected chi connectivity index (χ2v) is 18.6. The number of benzene rings is 3. The van der Waals surface area contributed by atoms with Crippen LogP contribution in [-0.2, 0) is 18.4 Å². The molecule has 318 valence electrons. The number of amides is 2. The lowest BCUT2D eigenvalue weighted by Gasteiger charge is -2.63. The molecule has 2 fully saturated rings. The lowest BCUT2D eigenvalue weighted by molar-refractivity contribution is -0.164. The number of hydrogen-bond donors (Lipinski definition) is 3. The fourth-order valence-corrected chi connectivity index (χ4v) is 10.3. The summed E-state index contributed by atoms with van der Waals surface area (Å²) in [5.74, 6) is 1.35. The molecule has 62 heavy (non-hydrogen) atoms. The number of para-hydroxylation sites is 1. The van der Waals surface area contributed by atoms with Crippen molar-refractivity contribution < 1.29 is 14.3 Å². The summed E-state index contributed by atoms with van der Waals surface area (Å²) in [6, 6.07) is 19.5. The number of rotatable bonds is 9. The lowest BCUT2D eigenvalue weighted by Crippen LogP contribution is -2.74. The van der Waals surface area contributed by atoms with Crippen LogP contribution in [0.4, 0.5) is 17.3 Å². The Labute approximate surface area is 365 Å². The number of hydrogen-bond acceptors (Lipinski definition) is 10. The van der Waals surface area contributed by atoms with E-state index in [2.05, 4.69) is 98.6 Å². The molecule has 3 aromatic heterocycles. The zero-order valence-corrected chi connectivity index (χ0v) is 36.5. The normalized spacial score (nSPS) is 20.6. The van der Waals surface area contributed by atoms with E-state index in [0.29, 0.717) is 40.2 Å². The Balaban J connectivity index is 0.859. The van der Waals surface area contributed by atoms with Crippen LogP contribution in [0, 0.1) is 28.1 Å². The first-order chi connectivity index (χ1) is 29.7. The van der Waals surface area contributed by atoms with Crippen molar-refractivity contribution in [3.8, 4) is 34.2 Å². The quantitative estimate of drug-likeness (QED) is 0.129. The van der Waals surface area contributed by atoms with Gasteiger partial charge in [0, 0.05) is 97.2 Å². The van der Waals surface area contributed by atoms with Gasteiger partial charge in [0.15, 0.2) is 0 Å². The van der Waals surface area contributed by atoms with Crippen LogP contribution in [0.5, 0.6) is 5.75 Å². The monoisotopic (exact) mass is 851 g/mol. The maximum Gasteiger partial charge on any atom is 0.254 e. The van der Waals surface area contributed by atoms with Crippen molar-refractivity contribution >= 4 is 51.6 Å². The number of halogens is 1. The molecular weight excluding hydrogens is 802 g/mol. The number of ether oxygens (including phenoxy) is 1. The molecule has 5 heterocycles. The molecule has 0 bridgehead atoms. The average molecular weight is 852 g/mol. The maximum absolute atomic E-state index is 13.6. The van der Waals surface area contributed by atoms with E-state index >= 15 is 0 Å². The molecule has 3 aliphatic rings. The van der Waals surface area contributed by atoms with Gasteiger partial charge in [0.05, 0.1) is 39.2 Å². The molecule has 6 aromatic rings. The molecule has 1 atom stereocenters. The number of fused-ring (bicyclic) bond motifs is 2. The molecule has 0 spiro atoms. The highest BCUT2D eigenvalue weighted by Gasteiger charge is 2.64. The largest absolute Gasteiger partial charge is 0.489 e. The van der Waals surface area contributed by atoms with Gasteiger partial charge in [-0.3, -0.25) is 19.0 Å². The highest BCUT2D eigenvalue weighted by molar-refractivity contribution is 6.31. The van der Waals surface area contributed by atoms with Crippen LogP contribution < -0.4 is 25.6 Å². The zero-order valence-electron chi connectivity index (χ0n) is 35.7. The van der Waals surface area contributed by atoms with Gasteiger partial charge in [0.1, 0.15) is 23.6 Å². The number of aromatic nitrogens is 6. The van der Waals surface area contributed by atoms with Gasteiger partial charge < -0.3 is 25.6 Å². The molecular formula is C47H50ClN11O3. The van der Waals surface area contributed by atoms with E-state index in [1.165, 1.54) is 0 Å². The minimum Gasteiger partial charge on any atom is -0.489 e. The first-order valence-electron chi connectivity index (χ1n) is 21.1. The minimum atomic E-state index is -0.393. The standard InChI is InChI=1S/C47H50ClN11O3/c1-27-18-39(60)54-37-9-7-8-34(41(37)53-27)29-11-13-38-35(19-29)40(32-24-52-57(6)26-32)56-59(38)25-28-14-16-58(17-15-28)45-50-22-31(23-51-45)42(61)55-43-46(2,3)44(47(43,4)5)62-33-12-10-30(21-49)36(48)20-33/h7-13,19-20,22-24,26-28,43-44,53H,14-18,25H2,1-6H3,(H,54,60)(H,55,61)/t27-,43?,44?/m1/s1. The first kappa shape index (κ1) is 40.9. The van der Waals surface area contributed by atoms with Gasteiger partial charge in [0.2, 0.25) is 11.9 Å². The Bertz CT molecular complexity index is 2730. The number of carbonyl (C=O) groups excluding carboxylic acids is 2. The van der Waals surface area contributed by atoms with E-state index in [1.807, 2.05) is 38.5 Å². The van der Waals surface area contributed by atoms with Crippen LogP contribution in [0.25, 0.3) is 33.3 Å². The van der Waals surface area contributed by atoms with Gasteiger partial charge in [-0.1, -0.05) is 57.5 Å². The molecule has 9 rings (SSSR count). The summed E-state index contributed by atoms with van der Waals surface area (Å²) in [5.41, 5.74) is 6.65. The summed E-state index contributed by atoms with van der Waals surface area (Å²) in [4.78, 5) is 37.5. The number of nitrogens with one attached hydrogen (secondary N) is 3. The third kappa shape index (κ3) is 7.48. The molecule has 3 N–H and O–H groups in total. The summed E-state index contributed by atoms with van der Waals surface area (Å²) in [6.45, 7) is 12.7. The predicted octanol–water partition coefficient (Wildman–Crippen LogP) is 8.09. The molecule has 3 aromatic carbocycles. The Morgan fingerprint density at radius 2 is 1.77 bits per heavy atom. The van der Waals surface area contributed by atoms with E-state index < -0.39 is 10.8 Å². The highest BCUT2D eigenvalue weighted by Crippen LogP contribution is 2.55. The number of carbonyl (C=O) groups is 2. The highest BCUT2D eigenvalue weighted by atomic mass is 35.5. The maximum atomic E-state index is 13.6. The van der Waals surface area contributed by atoms with E-state index in [1.54, 1.807) is 35.3 Å². The fraction of sp³-hybridized carbons (Fsp3) is 0.383. The summed E-state index contributed by atoms with van der Waals surface area (Å²) in [6.07, 6.45) is 9.13. The number of anilines is 3. The number of piperidine rings is 1. The Hall–Kier alpha value is -6.46. The van der Waals surface area contributed by atoms with Crippen molar-refractivity contribution in [2.45, 2.75) is 78.6 Å². The topological polar surface area (TPSA) is 168 Å². The van der Waals surface area contributed by atoms with Crippen LogP contribution >= 0.6 is 11.6 Å². The van der Waals surface area contributed by atoms with Crippen LogP contribution in [0.1, 0.15) is 69.8 Å². The van der Waals surface area contributed by atoms with Crippen LogP contribution in [0.15, 0.2) is 79.4 Å². The smallest absolute Gasteiger partial charge is 0.254 e. The molecule has 1 aliphatic carbocycles. The Kier molecular flexibility index (Phi) is 10.4. The average Bonchev–Trinajstić information content (AvgIpc) is 3.80. The molecule has 0 unspecified atom stereocenters. The van der Waals surface area contributed by atoms with Crippen LogP contribution in [0.3, 0.4) is 0 Å². The molecule has 1 saturated heterocycles. The van der Waals surface area contributed by atoms with Crippen LogP contribution in [-0.4, -0.2) is 72.6 Å². The third-order valence-corrected chi connectivity index (χ3v) is 13.2. The van der Waals surface area contributed by atoms with E-state index in [0.717, 1.165) is 77.1 Å². The van der Waals surface area contributed by atoms with Crippen molar-refractivity contribution in [1.29, 1.82) is 5.26 Å². The second kappa shape index (κ2) is 15.8. The fourth-order valence-electron chi connectivity index (χ4n) is 10.0. The van der Waals surface area contributed by atoms with E-state index in [9.17, 15) is 14.9 Å². The molecule has 2 aliphatic heterocycles. The second-order valence-electron chi connectivity index (χ2n) is 18.2. The number of aryl methyl sites for hydroxylation is 1. The van der Waals surface area contributed by atoms with E-state index in [-0.39, 0.29) is 30.0 Å². The SMILES string of the molecule is C[C@@H]1CC(=O)Nc2cccc(-c3ccc4c(c3)c(-c3cnn(C)c3)nn4CC3CCN(c4ncc(C(=O)NC5C(C)(C)C(Oc6ccc(C#N)c(Cl)c6)C5(C)C)cn4)CC3)c2N1. The van der Waals surface area contributed by atoms with Crippen molar-refractivity contribution in [2.24, 2.45) is 23.8 Å². The predicted molar refractivity (Wildman–Crippen MR) is 240 cm³/mol. The van der Waals surface area contributed by atoms with Crippen molar-refractivity contribution in [3.05, 3.63) is 95.5 Å². The number of nitriles is 1. The van der Waals surface area contributed by atoms with Crippen molar-refractivity contribution in [3.63, 3.8) is 0 Å². The zero-order chi connectivity index (χ0) is 43.5. The summed E-state index contributed by atoms with van der Waals surface area (Å²) in [7, 11) is 1.91. The molecule has 1 saturated carbocycles. The minimum absolute atomic E-state index is 0.00135. The molecule has 15 heteroatoms. The molecule has 2 amide bonds. The summed E-state index contributed by atoms with van der Waals surface area (Å²) in [5, 5.41) is 30.2. The lowest BCUT2D eigenvalue weighted by atomic mass is 9.49. The Morgan fingerprint density at radius 3 is 2.47 bits per heavy atom. The van der Waals surface area contributed by atoms with Gasteiger partial charge in [-0.2, -0.15) is 15.5 Å². The molecule has 14 nitrogen and oxygen atoms in total. The third-order valence-electron chi connectivity index (χ3n) is 12.9. The summed E-state index contributed by atoms with van der Waals surface area (Å²) < 4.78 is 10.3. The number of nitrogens with zero attached hydrogens (tertiary/aromatic N) is 8. The van der Waals surface area contributed by atoms with Gasteiger partial charge in [-0.25, -0.2) is 9.97 Å². The van der Waals surface area contributed by atoms with E-state index in [4.69, 9.17) is 21.4 Å². The first-order valence-corrected chi connectivity index (χ1v) is 21.5. The molecule has 0 radical (unpaired) electrons. The van der Waals surface area contributed by atoms with Crippen molar-refractivity contribution in [1.82, 2.24) is 34.8 Å². The van der Waals surface area contributed by atoms with Gasteiger partial charge in [-0.05, 0) is 61.6 Å². The van der Waals surface area contributed by atoms with Crippen LogP contribution in [0.2, 0.25) is 5.02 Å². The van der Waals surface area contributed by atoms with Gasteiger partial charge >= 0.3 is 0 Å². The van der Waals surface area contributed by atoms with Crippen molar-refractivity contribution in [2.75, 3.05) is 28.6 Å².